The Morgan fingerprint density at radius 1 is 0.773 bits per heavy atom. The largest absolute Gasteiger partial charge is 0.540 e. The molecule has 6 heteroatoms. The minimum atomic E-state index is -2.76. The van der Waals surface area contributed by atoms with Crippen molar-refractivity contribution in [2.75, 3.05) is 32.7 Å². The van der Waals surface area contributed by atoms with E-state index in [0.29, 0.717) is 39.3 Å². The monoisotopic (exact) mass is 328 g/mol. The minimum Gasteiger partial charge on any atom is -0.489 e. The summed E-state index contributed by atoms with van der Waals surface area (Å²) in [6.07, 6.45) is 0.313. The van der Waals surface area contributed by atoms with E-state index < -0.39 is 8.80 Å². The van der Waals surface area contributed by atoms with Crippen LogP contribution in [0.5, 0.6) is 5.75 Å². The topological polar surface area (TPSA) is 46.2 Å². The first-order chi connectivity index (χ1) is 10.7. The zero-order valence-electron chi connectivity index (χ0n) is 14.1. The molecular formula is C16H28O5Si. The Morgan fingerprint density at radius 3 is 1.77 bits per heavy atom. The number of ether oxygens (including phenoxy) is 2. The molecule has 0 fully saturated rings. The van der Waals surface area contributed by atoms with Crippen molar-refractivity contribution in [1.29, 1.82) is 0 Å². The third-order valence-corrected chi connectivity index (χ3v) is 5.59. The van der Waals surface area contributed by atoms with Crippen LogP contribution in [0.2, 0.25) is 0 Å². The van der Waals surface area contributed by atoms with Crippen LogP contribution >= 0.6 is 0 Å². The predicted octanol–water partition coefficient (Wildman–Crippen LogP) is 3.19. The van der Waals surface area contributed by atoms with E-state index in [1.807, 2.05) is 52.0 Å². The number of benzene rings is 1. The molecule has 0 atom stereocenters. The summed E-state index contributed by atoms with van der Waals surface area (Å²) in [6.45, 7) is 10.7. The molecule has 0 amide bonds. The van der Waals surface area contributed by atoms with Gasteiger partial charge in [0.25, 0.3) is 0 Å². The van der Waals surface area contributed by atoms with E-state index in [2.05, 4.69) is 0 Å². The molecular weight excluding hydrogens is 300 g/mol. The maximum Gasteiger partial charge on any atom is 0.540 e. The first-order valence-electron chi connectivity index (χ1n) is 7.91. The molecule has 0 radical (unpaired) electrons. The molecule has 0 aliphatic carbocycles. The van der Waals surface area contributed by atoms with Gasteiger partial charge in [-0.2, -0.15) is 0 Å². The zero-order valence-corrected chi connectivity index (χ0v) is 15.1. The lowest BCUT2D eigenvalue weighted by Gasteiger charge is -2.28. The Labute approximate surface area is 134 Å². The standard InChI is InChI=1S/C16H28O5Si/c1-5-17-13-15-9-11-16(12-10-15)18-14-22(19-6-2,20-7-3)21-8-4/h9-12H,5-8,13-14H2,1-4H3. The summed E-state index contributed by atoms with van der Waals surface area (Å²) in [7, 11) is -2.76. The minimum absolute atomic E-state index is 0.313. The number of rotatable bonds is 12. The summed E-state index contributed by atoms with van der Waals surface area (Å²) >= 11 is 0. The van der Waals surface area contributed by atoms with Gasteiger partial charge in [-0.3, -0.25) is 0 Å². The quantitative estimate of drug-likeness (QED) is 0.551. The van der Waals surface area contributed by atoms with Gasteiger partial charge in [0, 0.05) is 26.4 Å². The molecule has 0 saturated carbocycles. The molecule has 0 N–H and O–H groups in total. The Kier molecular flexibility index (Phi) is 9.34. The lowest BCUT2D eigenvalue weighted by atomic mass is 10.2. The Hall–Kier alpha value is -0.923. The average Bonchev–Trinajstić information content (AvgIpc) is 2.53. The zero-order chi connectivity index (χ0) is 16.3. The fourth-order valence-electron chi connectivity index (χ4n) is 1.98. The van der Waals surface area contributed by atoms with Crippen molar-refractivity contribution in [2.45, 2.75) is 34.3 Å². The second-order valence-corrected chi connectivity index (χ2v) is 7.07. The third-order valence-electron chi connectivity index (χ3n) is 2.90. The van der Waals surface area contributed by atoms with Gasteiger partial charge >= 0.3 is 8.80 Å². The van der Waals surface area contributed by atoms with Gasteiger partial charge in [-0.05, 0) is 45.4 Å². The highest BCUT2D eigenvalue weighted by Crippen LogP contribution is 2.17. The van der Waals surface area contributed by atoms with Gasteiger partial charge in [0.2, 0.25) is 0 Å². The van der Waals surface area contributed by atoms with Crippen LogP contribution in [0.4, 0.5) is 0 Å². The van der Waals surface area contributed by atoms with E-state index in [-0.39, 0.29) is 0 Å². The molecule has 0 spiro atoms. The van der Waals surface area contributed by atoms with Gasteiger partial charge in [-0.25, -0.2) is 0 Å². The van der Waals surface area contributed by atoms with Crippen LogP contribution in [0.3, 0.4) is 0 Å². The smallest absolute Gasteiger partial charge is 0.489 e. The third kappa shape index (κ3) is 6.45. The van der Waals surface area contributed by atoms with Crippen LogP contribution in [0.1, 0.15) is 33.3 Å². The molecule has 1 aromatic rings. The normalized spacial score (nSPS) is 11.6. The van der Waals surface area contributed by atoms with Gasteiger partial charge in [0.15, 0.2) is 6.23 Å². The van der Waals surface area contributed by atoms with Crippen LogP contribution in [0.15, 0.2) is 24.3 Å². The highest BCUT2D eigenvalue weighted by molar-refractivity contribution is 6.60. The van der Waals surface area contributed by atoms with E-state index >= 15 is 0 Å². The van der Waals surface area contributed by atoms with Gasteiger partial charge in [0.05, 0.1) is 6.61 Å². The van der Waals surface area contributed by atoms with Gasteiger partial charge in [-0.15, -0.1) is 0 Å². The second-order valence-electron chi connectivity index (χ2n) is 4.55. The van der Waals surface area contributed by atoms with Crippen molar-refractivity contribution < 1.29 is 22.8 Å². The first kappa shape index (κ1) is 19.1. The molecule has 0 bridgehead atoms. The van der Waals surface area contributed by atoms with Crippen molar-refractivity contribution >= 4 is 8.80 Å². The fourth-order valence-corrected chi connectivity index (χ4v) is 4.15. The summed E-state index contributed by atoms with van der Waals surface area (Å²) < 4.78 is 28.5. The van der Waals surface area contributed by atoms with Gasteiger partial charge in [-0.1, -0.05) is 12.1 Å². The maximum absolute atomic E-state index is 5.83. The molecule has 0 unspecified atom stereocenters. The number of hydrogen-bond donors (Lipinski definition) is 0. The van der Waals surface area contributed by atoms with Crippen molar-refractivity contribution in [2.24, 2.45) is 0 Å². The van der Waals surface area contributed by atoms with E-state index in [0.717, 1.165) is 11.3 Å². The van der Waals surface area contributed by atoms with E-state index in [1.54, 1.807) is 0 Å². The lowest BCUT2D eigenvalue weighted by molar-refractivity contribution is 0.0541. The summed E-state index contributed by atoms with van der Waals surface area (Å²) in [6, 6.07) is 7.85. The van der Waals surface area contributed by atoms with Crippen LogP contribution in [0, 0.1) is 0 Å². The Morgan fingerprint density at radius 2 is 1.32 bits per heavy atom. The Balaban J connectivity index is 2.62. The molecule has 0 aromatic heterocycles. The van der Waals surface area contributed by atoms with E-state index in [4.69, 9.17) is 22.8 Å². The van der Waals surface area contributed by atoms with Crippen LogP contribution in [0.25, 0.3) is 0 Å². The molecule has 0 saturated heterocycles. The highest BCUT2D eigenvalue weighted by Gasteiger charge is 2.42. The fraction of sp³-hybridized carbons (Fsp3) is 0.625. The SMILES string of the molecule is CCOCc1ccc(OC[Si](OCC)(OCC)OCC)cc1. The van der Waals surface area contributed by atoms with Crippen LogP contribution in [-0.2, 0) is 24.6 Å². The lowest BCUT2D eigenvalue weighted by Crippen LogP contribution is -2.51. The van der Waals surface area contributed by atoms with Crippen LogP contribution in [-0.4, -0.2) is 41.5 Å². The summed E-state index contributed by atoms with van der Waals surface area (Å²) in [5.41, 5.74) is 1.12. The molecule has 22 heavy (non-hydrogen) atoms. The molecule has 126 valence electrons. The summed E-state index contributed by atoms with van der Waals surface area (Å²) in [5, 5.41) is 0. The maximum atomic E-state index is 5.83. The average molecular weight is 328 g/mol. The molecule has 1 aromatic carbocycles. The second kappa shape index (κ2) is 10.7. The Bertz CT molecular complexity index is 379. The molecule has 1 rings (SSSR count). The van der Waals surface area contributed by atoms with Crippen LogP contribution < -0.4 is 4.74 Å². The van der Waals surface area contributed by atoms with Crippen molar-refractivity contribution in [3.8, 4) is 5.75 Å². The predicted molar refractivity (Wildman–Crippen MR) is 87.9 cm³/mol. The van der Waals surface area contributed by atoms with E-state index in [1.165, 1.54) is 0 Å². The van der Waals surface area contributed by atoms with Gasteiger partial charge < -0.3 is 22.8 Å². The first-order valence-corrected chi connectivity index (χ1v) is 9.84. The van der Waals surface area contributed by atoms with Crippen molar-refractivity contribution in [3.63, 3.8) is 0 Å². The van der Waals surface area contributed by atoms with E-state index in [9.17, 15) is 0 Å². The van der Waals surface area contributed by atoms with Crippen molar-refractivity contribution in [3.05, 3.63) is 29.8 Å². The molecule has 0 aliphatic heterocycles. The molecule has 0 heterocycles. The molecule has 0 aliphatic rings. The number of hydrogen-bond acceptors (Lipinski definition) is 5. The molecule has 5 nitrogen and oxygen atoms in total. The van der Waals surface area contributed by atoms with Crippen molar-refractivity contribution in [1.82, 2.24) is 0 Å². The summed E-state index contributed by atoms with van der Waals surface area (Å²) in [4.78, 5) is 0. The highest BCUT2D eigenvalue weighted by atomic mass is 28.4. The van der Waals surface area contributed by atoms with Gasteiger partial charge in [0.1, 0.15) is 5.75 Å². The summed E-state index contributed by atoms with van der Waals surface area (Å²) in [5.74, 6) is 0.774.